The van der Waals surface area contributed by atoms with Gasteiger partial charge in [-0.05, 0) is 13.3 Å². The molecule has 0 N–H and O–H groups in total. The van der Waals surface area contributed by atoms with E-state index >= 15 is 0 Å². The molecular weight excluding hydrogens is 168 g/mol. The molecule has 0 rings (SSSR count). The zero-order valence-electron chi connectivity index (χ0n) is 8.79. The molecule has 0 aliphatic carbocycles. The number of Topliss-reactive ketones (excluding diaryl/α,β-unsaturated/α-hetero) is 1. The number of hydrogen-bond donors (Lipinski definition) is 0. The van der Waals surface area contributed by atoms with Crippen LogP contribution >= 0.6 is 0 Å². The lowest BCUT2D eigenvalue weighted by Gasteiger charge is -2.11. The normalized spacial score (nSPS) is 12.7. The number of ketones is 1. The van der Waals surface area contributed by atoms with Crippen molar-refractivity contribution in [2.75, 3.05) is 6.61 Å². The van der Waals surface area contributed by atoms with Crippen molar-refractivity contribution in [2.45, 2.75) is 34.1 Å². The molecule has 0 bridgehead atoms. The zero-order chi connectivity index (χ0) is 10.4. The minimum Gasteiger partial charge on any atom is -0.465 e. The second kappa shape index (κ2) is 5.73. The summed E-state index contributed by atoms with van der Waals surface area (Å²) in [4.78, 5) is 22.6. The van der Waals surface area contributed by atoms with Crippen LogP contribution in [-0.2, 0) is 14.3 Å². The Morgan fingerprint density at radius 3 is 2.15 bits per heavy atom. The highest BCUT2D eigenvalue weighted by molar-refractivity contribution is 5.99. The Labute approximate surface area is 79.5 Å². The molecule has 0 aromatic rings. The Bertz CT molecular complexity index is 185. The highest BCUT2D eigenvalue weighted by atomic mass is 16.5. The maximum Gasteiger partial charge on any atom is 0.316 e. The molecule has 0 aliphatic rings. The van der Waals surface area contributed by atoms with E-state index in [0.717, 1.165) is 6.42 Å². The van der Waals surface area contributed by atoms with E-state index < -0.39 is 11.9 Å². The fourth-order valence-corrected chi connectivity index (χ4v) is 0.944. The summed E-state index contributed by atoms with van der Waals surface area (Å²) < 4.78 is 4.86. The smallest absolute Gasteiger partial charge is 0.316 e. The van der Waals surface area contributed by atoms with Gasteiger partial charge in [0.1, 0.15) is 11.7 Å². The van der Waals surface area contributed by atoms with Crippen molar-refractivity contribution in [3.05, 3.63) is 0 Å². The van der Waals surface area contributed by atoms with Crippen molar-refractivity contribution >= 4 is 11.8 Å². The lowest BCUT2D eigenvalue weighted by molar-refractivity contribution is -0.152. The van der Waals surface area contributed by atoms with E-state index in [-0.39, 0.29) is 11.7 Å². The van der Waals surface area contributed by atoms with Gasteiger partial charge in [0.15, 0.2) is 0 Å². The summed E-state index contributed by atoms with van der Waals surface area (Å²) in [5.74, 6) is -1.18. The van der Waals surface area contributed by atoms with Gasteiger partial charge in [-0.15, -0.1) is 0 Å². The molecule has 1 unspecified atom stereocenters. The van der Waals surface area contributed by atoms with Crippen molar-refractivity contribution < 1.29 is 14.3 Å². The maximum atomic E-state index is 11.3. The van der Waals surface area contributed by atoms with E-state index in [9.17, 15) is 9.59 Å². The molecule has 3 heteroatoms. The fraction of sp³-hybridized carbons (Fsp3) is 0.800. The molecule has 0 saturated carbocycles. The number of ether oxygens (including phenoxy) is 1. The third-order valence-electron chi connectivity index (χ3n) is 1.80. The number of esters is 1. The Kier molecular flexibility index (Phi) is 5.35. The highest BCUT2D eigenvalue weighted by Gasteiger charge is 2.24. The van der Waals surface area contributed by atoms with Gasteiger partial charge in [-0.25, -0.2) is 0 Å². The Hall–Kier alpha value is -0.860. The molecule has 0 heterocycles. The summed E-state index contributed by atoms with van der Waals surface area (Å²) in [5, 5.41) is 0. The summed E-state index contributed by atoms with van der Waals surface area (Å²) in [6.07, 6.45) is 0.786. The van der Waals surface area contributed by atoms with Crippen LogP contribution in [0, 0.1) is 11.8 Å². The third-order valence-corrected chi connectivity index (χ3v) is 1.80. The molecule has 76 valence electrons. The summed E-state index contributed by atoms with van der Waals surface area (Å²) >= 11 is 0. The van der Waals surface area contributed by atoms with E-state index in [1.807, 2.05) is 6.92 Å². The number of carbonyl (C=O) groups is 2. The second-order valence-electron chi connectivity index (χ2n) is 3.45. The van der Waals surface area contributed by atoms with Gasteiger partial charge in [0.2, 0.25) is 0 Å². The first-order valence-corrected chi connectivity index (χ1v) is 4.71. The lowest BCUT2D eigenvalue weighted by atomic mass is 9.97. The van der Waals surface area contributed by atoms with Crippen LogP contribution in [0.15, 0.2) is 0 Å². The van der Waals surface area contributed by atoms with Gasteiger partial charge in [-0.3, -0.25) is 9.59 Å². The summed E-state index contributed by atoms with van der Waals surface area (Å²) in [6.45, 7) is 7.48. The van der Waals surface area contributed by atoms with Gasteiger partial charge in [0.05, 0.1) is 6.61 Å². The van der Waals surface area contributed by atoms with Gasteiger partial charge >= 0.3 is 5.97 Å². The van der Waals surface area contributed by atoms with E-state index in [1.54, 1.807) is 20.8 Å². The average molecular weight is 186 g/mol. The van der Waals surface area contributed by atoms with Crippen LogP contribution in [-0.4, -0.2) is 18.4 Å². The zero-order valence-corrected chi connectivity index (χ0v) is 8.79. The van der Waals surface area contributed by atoms with Crippen LogP contribution in [0.5, 0.6) is 0 Å². The van der Waals surface area contributed by atoms with Crippen LogP contribution in [0.1, 0.15) is 34.1 Å². The van der Waals surface area contributed by atoms with E-state index in [0.29, 0.717) is 6.61 Å². The molecule has 0 amide bonds. The van der Waals surface area contributed by atoms with Gasteiger partial charge < -0.3 is 4.74 Å². The lowest BCUT2D eigenvalue weighted by Crippen LogP contribution is -2.26. The molecule has 0 radical (unpaired) electrons. The molecule has 1 atom stereocenters. The maximum absolute atomic E-state index is 11.3. The second-order valence-corrected chi connectivity index (χ2v) is 3.45. The van der Waals surface area contributed by atoms with Crippen LogP contribution in [0.4, 0.5) is 0 Å². The predicted molar refractivity (Wildman–Crippen MR) is 50.3 cm³/mol. The number of rotatable bonds is 5. The van der Waals surface area contributed by atoms with Crippen molar-refractivity contribution in [3.8, 4) is 0 Å². The molecular formula is C10H18O3. The first-order valence-electron chi connectivity index (χ1n) is 4.71. The molecule has 13 heavy (non-hydrogen) atoms. The van der Waals surface area contributed by atoms with E-state index in [2.05, 4.69) is 0 Å². The van der Waals surface area contributed by atoms with Crippen molar-refractivity contribution in [1.82, 2.24) is 0 Å². The average Bonchev–Trinajstić information content (AvgIpc) is 2.11. The SMILES string of the molecule is CCCOC(=O)C(C)C(=O)C(C)C. The highest BCUT2D eigenvalue weighted by Crippen LogP contribution is 2.08. The first-order chi connectivity index (χ1) is 6.00. The summed E-state index contributed by atoms with van der Waals surface area (Å²) in [5.41, 5.74) is 0. The van der Waals surface area contributed by atoms with Crippen LogP contribution in [0.25, 0.3) is 0 Å². The van der Waals surface area contributed by atoms with Crippen molar-refractivity contribution in [1.29, 1.82) is 0 Å². The molecule has 0 fully saturated rings. The van der Waals surface area contributed by atoms with Crippen LogP contribution < -0.4 is 0 Å². The molecule has 0 aromatic carbocycles. The van der Waals surface area contributed by atoms with Gasteiger partial charge in [0.25, 0.3) is 0 Å². The van der Waals surface area contributed by atoms with Crippen molar-refractivity contribution in [3.63, 3.8) is 0 Å². The molecule has 0 aromatic heterocycles. The standard InChI is InChI=1S/C10H18O3/c1-5-6-13-10(12)8(4)9(11)7(2)3/h7-8H,5-6H2,1-4H3. The van der Waals surface area contributed by atoms with Gasteiger partial charge in [0, 0.05) is 5.92 Å². The van der Waals surface area contributed by atoms with Gasteiger partial charge in [-0.1, -0.05) is 20.8 Å². The third kappa shape index (κ3) is 4.06. The number of carbonyl (C=O) groups excluding carboxylic acids is 2. The van der Waals surface area contributed by atoms with Crippen molar-refractivity contribution in [2.24, 2.45) is 11.8 Å². The van der Waals surface area contributed by atoms with Gasteiger partial charge in [-0.2, -0.15) is 0 Å². The molecule has 0 spiro atoms. The molecule has 3 nitrogen and oxygen atoms in total. The van der Waals surface area contributed by atoms with E-state index in [1.165, 1.54) is 0 Å². The Morgan fingerprint density at radius 1 is 1.23 bits per heavy atom. The largest absolute Gasteiger partial charge is 0.465 e. The number of hydrogen-bond acceptors (Lipinski definition) is 3. The fourth-order valence-electron chi connectivity index (χ4n) is 0.944. The Morgan fingerprint density at radius 2 is 1.77 bits per heavy atom. The summed E-state index contributed by atoms with van der Waals surface area (Å²) in [7, 11) is 0. The monoisotopic (exact) mass is 186 g/mol. The first kappa shape index (κ1) is 12.1. The summed E-state index contributed by atoms with van der Waals surface area (Å²) in [6, 6.07) is 0. The minimum atomic E-state index is -0.619. The quantitative estimate of drug-likeness (QED) is 0.485. The minimum absolute atomic E-state index is 0.0545. The van der Waals surface area contributed by atoms with Crippen LogP contribution in [0.3, 0.4) is 0 Å². The molecule has 0 aliphatic heterocycles. The van der Waals surface area contributed by atoms with E-state index in [4.69, 9.17) is 4.74 Å². The Balaban J connectivity index is 4.02. The predicted octanol–water partition coefficient (Wildman–Crippen LogP) is 1.80. The topological polar surface area (TPSA) is 43.4 Å². The van der Waals surface area contributed by atoms with Crippen LogP contribution in [0.2, 0.25) is 0 Å². The molecule has 0 saturated heterocycles.